The molecule has 0 spiro atoms. The van der Waals surface area contributed by atoms with Gasteiger partial charge in [0.05, 0.1) is 19.6 Å². The highest BCUT2D eigenvalue weighted by molar-refractivity contribution is 5.78. The van der Waals surface area contributed by atoms with E-state index >= 15 is 0 Å². The summed E-state index contributed by atoms with van der Waals surface area (Å²) in [7, 11) is 1.63. The summed E-state index contributed by atoms with van der Waals surface area (Å²) in [6.07, 6.45) is 2.22. The Hall–Kier alpha value is -2.08. The number of benzene rings is 1. The molecular formula is C17H24N2O4. The van der Waals surface area contributed by atoms with E-state index in [4.69, 9.17) is 9.84 Å². The summed E-state index contributed by atoms with van der Waals surface area (Å²) in [5.74, 6) is -0.371. The first kappa shape index (κ1) is 17.3. The molecule has 1 heterocycles. The molecule has 0 saturated carbocycles. The summed E-state index contributed by atoms with van der Waals surface area (Å²) in [5, 5.41) is 12.0. The standard InChI is InChI=1S/C17H24N2O4/c1-23-15-7-3-2-5-13(15)8-9-18-16(20)12-19-10-4-6-14(11-19)17(21)22/h2-3,5,7,14H,4,6,8-12H2,1H3,(H,18,20)(H,21,22). The van der Waals surface area contributed by atoms with Gasteiger partial charge in [-0.25, -0.2) is 0 Å². The maximum Gasteiger partial charge on any atom is 0.307 e. The molecule has 1 aliphatic heterocycles. The van der Waals surface area contributed by atoms with E-state index in [1.807, 2.05) is 29.2 Å². The number of methoxy groups -OCH3 is 1. The van der Waals surface area contributed by atoms with Crippen LogP contribution in [-0.4, -0.2) is 55.2 Å². The Morgan fingerprint density at radius 1 is 1.39 bits per heavy atom. The van der Waals surface area contributed by atoms with Crippen LogP contribution in [0.5, 0.6) is 5.75 Å². The van der Waals surface area contributed by atoms with Gasteiger partial charge in [0.15, 0.2) is 0 Å². The summed E-state index contributed by atoms with van der Waals surface area (Å²) in [6, 6.07) is 7.74. The van der Waals surface area contributed by atoms with Gasteiger partial charge in [-0.2, -0.15) is 0 Å². The third-order valence-electron chi connectivity index (χ3n) is 4.13. The molecule has 1 aromatic carbocycles. The lowest BCUT2D eigenvalue weighted by molar-refractivity contribution is -0.144. The summed E-state index contributed by atoms with van der Waals surface area (Å²) < 4.78 is 5.28. The van der Waals surface area contributed by atoms with Crippen LogP contribution in [0.2, 0.25) is 0 Å². The van der Waals surface area contributed by atoms with Crippen molar-refractivity contribution >= 4 is 11.9 Å². The van der Waals surface area contributed by atoms with Crippen molar-refractivity contribution in [2.24, 2.45) is 5.92 Å². The lowest BCUT2D eigenvalue weighted by atomic mass is 9.98. The highest BCUT2D eigenvalue weighted by atomic mass is 16.5. The normalized spacial score (nSPS) is 18.4. The number of aliphatic carboxylic acids is 1. The van der Waals surface area contributed by atoms with Gasteiger partial charge in [-0.05, 0) is 37.4 Å². The lowest BCUT2D eigenvalue weighted by Gasteiger charge is -2.29. The number of likely N-dealkylation sites (tertiary alicyclic amines) is 1. The van der Waals surface area contributed by atoms with Crippen LogP contribution >= 0.6 is 0 Å². The van der Waals surface area contributed by atoms with E-state index in [9.17, 15) is 9.59 Å². The number of carbonyl (C=O) groups is 2. The number of carboxylic acid groups (broad SMARTS) is 1. The molecule has 1 atom stereocenters. The van der Waals surface area contributed by atoms with E-state index in [-0.39, 0.29) is 18.4 Å². The van der Waals surface area contributed by atoms with Gasteiger partial charge in [0.1, 0.15) is 5.75 Å². The first-order valence-corrected chi connectivity index (χ1v) is 7.94. The van der Waals surface area contributed by atoms with E-state index in [0.717, 1.165) is 24.3 Å². The predicted octanol–water partition coefficient (Wildman–Crippen LogP) is 1.15. The number of carbonyl (C=O) groups excluding carboxylic acids is 1. The minimum Gasteiger partial charge on any atom is -0.496 e. The van der Waals surface area contributed by atoms with E-state index < -0.39 is 5.97 Å². The Morgan fingerprint density at radius 3 is 2.91 bits per heavy atom. The Labute approximate surface area is 136 Å². The second-order valence-electron chi connectivity index (χ2n) is 5.82. The number of ether oxygens (including phenoxy) is 1. The van der Waals surface area contributed by atoms with Crippen molar-refractivity contribution in [3.63, 3.8) is 0 Å². The fraction of sp³-hybridized carbons (Fsp3) is 0.529. The fourth-order valence-electron chi connectivity index (χ4n) is 2.91. The number of nitrogens with zero attached hydrogens (tertiary/aromatic N) is 1. The first-order valence-electron chi connectivity index (χ1n) is 7.94. The molecule has 1 amide bonds. The zero-order chi connectivity index (χ0) is 16.7. The highest BCUT2D eigenvalue weighted by Crippen LogP contribution is 2.17. The molecule has 23 heavy (non-hydrogen) atoms. The van der Waals surface area contributed by atoms with Crippen LogP contribution in [0.4, 0.5) is 0 Å². The molecule has 1 saturated heterocycles. The maximum atomic E-state index is 12.0. The van der Waals surface area contributed by atoms with E-state index in [0.29, 0.717) is 25.9 Å². The summed E-state index contributed by atoms with van der Waals surface area (Å²) in [6.45, 7) is 2.03. The molecule has 1 unspecified atom stereocenters. The molecule has 0 bridgehead atoms. The molecule has 6 nitrogen and oxygen atoms in total. The number of amides is 1. The third kappa shape index (κ3) is 5.25. The molecule has 0 aliphatic carbocycles. The van der Waals surface area contributed by atoms with Crippen molar-refractivity contribution in [3.05, 3.63) is 29.8 Å². The van der Waals surface area contributed by atoms with Gasteiger partial charge in [0, 0.05) is 13.1 Å². The van der Waals surface area contributed by atoms with Crippen molar-refractivity contribution < 1.29 is 19.4 Å². The Kier molecular flexibility index (Phi) is 6.40. The van der Waals surface area contributed by atoms with Crippen molar-refractivity contribution in [1.82, 2.24) is 10.2 Å². The Bertz CT molecular complexity index is 547. The summed E-state index contributed by atoms with van der Waals surface area (Å²) >= 11 is 0. The van der Waals surface area contributed by atoms with Crippen LogP contribution in [-0.2, 0) is 16.0 Å². The smallest absolute Gasteiger partial charge is 0.307 e. The van der Waals surface area contributed by atoms with Crippen LogP contribution in [0.1, 0.15) is 18.4 Å². The summed E-state index contributed by atoms with van der Waals surface area (Å²) in [5.41, 5.74) is 1.05. The highest BCUT2D eigenvalue weighted by Gasteiger charge is 2.26. The number of hydrogen-bond acceptors (Lipinski definition) is 4. The van der Waals surface area contributed by atoms with Crippen LogP contribution in [0.25, 0.3) is 0 Å². The largest absolute Gasteiger partial charge is 0.496 e. The number of hydrogen-bond donors (Lipinski definition) is 2. The van der Waals surface area contributed by atoms with Gasteiger partial charge in [-0.1, -0.05) is 18.2 Å². The van der Waals surface area contributed by atoms with Crippen molar-refractivity contribution in [2.45, 2.75) is 19.3 Å². The van der Waals surface area contributed by atoms with Crippen LogP contribution < -0.4 is 10.1 Å². The van der Waals surface area contributed by atoms with Gasteiger partial charge < -0.3 is 15.2 Å². The third-order valence-corrected chi connectivity index (χ3v) is 4.13. The fourth-order valence-corrected chi connectivity index (χ4v) is 2.91. The molecule has 2 N–H and O–H groups in total. The van der Waals surface area contributed by atoms with Gasteiger partial charge in [-0.3, -0.25) is 14.5 Å². The monoisotopic (exact) mass is 320 g/mol. The molecule has 0 radical (unpaired) electrons. The van der Waals surface area contributed by atoms with E-state index in [1.54, 1.807) is 7.11 Å². The maximum absolute atomic E-state index is 12.0. The van der Waals surface area contributed by atoms with E-state index in [1.165, 1.54) is 0 Å². The summed E-state index contributed by atoms with van der Waals surface area (Å²) in [4.78, 5) is 25.0. The molecule has 6 heteroatoms. The van der Waals surface area contributed by atoms with Gasteiger partial charge in [-0.15, -0.1) is 0 Å². The zero-order valence-corrected chi connectivity index (χ0v) is 13.5. The average molecular weight is 320 g/mol. The molecule has 126 valence electrons. The zero-order valence-electron chi connectivity index (χ0n) is 13.5. The minimum atomic E-state index is -0.772. The van der Waals surface area contributed by atoms with Crippen LogP contribution in [0.3, 0.4) is 0 Å². The molecule has 1 aromatic rings. The molecule has 0 aromatic heterocycles. The minimum absolute atomic E-state index is 0.0639. The number of piperidine rings is 1. The topological polar surface area (TPSA) is 78.9 Å². The van der Waals surface area contributed by atoms with Crippen molar-refractivity contribution in [3.8, 4) is 5.75 Å². The van der Waals surface area contributed by atoms with Crippen LogP contribution in [0, 0.1) is 5.92 Å². The average Bonchev–Trinajstić information content (AvgIpc) is 2.55. The molecule has 2 rings (SSSR count). The second-order valence-corrected chi connectivity index (χ2v) is 5.82. The van der Waals surface area contributed by atoms with Gasteiger partial charge in [0.25, 0.3) is 0 Å². The second kappa shape index (κ2) is 8.53. The Morgan fingerprint density at radius 2 is 2.17 bits per heavy atom. The lowest BCUT2D eigenvalue weighted by Crippen LogP contribution is -2.44. The molecule has 1 aliphatic rings. The number of rotatable bonds is 7. The number of nitrogens with one attached hydrogen (secondary N) is 1. The molecule has 1 fully saturated rings. The number of para-hydroxylation sites is 1. The molecular weight excluding hydrogens is 296 g/mol. The quantitative estimate of drug-likeness (QED) is 0.788. The van der Waals surface area contributed by atoms with Crippen LogP contribution in [0.15, 0.2) is 24.3 Å². The number of carboxylic acids is 1. The van der Waals surface area contributed by atoms with Crippen molar-refractivity contribution in [2.75, 3.05) is 33.3 Å². The SMILES string of the molecule is COc1ccccc1CCNC(=O)CN1CCCC(C(=O)O)C1. The van der Waals surface area contributed by atoms with Gasteiger partial charge in [0.2, 0.25) is 5.91 Å². The predicted molar refractivity (Wildman–Crippen MR) is 86.5 cm³/mol. The Balaban J connectivity index is 1.74. The first-order chi connectivity index (χ1) is 11.1. The van der Waals surface area contributed by atoms with E-state index in [2.05, 4.69) is 5.32 Å². The van der Waals surface area contributed by atoms with Crippen molar-refractivity contribution in [1.29, 1.82) is 0 Å². The van der Waals surface area contributed by atoms with Gasteiger partial charge >= 0.3 is 5.97 Å².